The highest BCUT2D eigenvalue weighted by Crippen LogP contribution is 2.19. The fourth-order valence-corrected chi connectivity index (χ4v) is 2.02. The van der Waals surface area contributed by atoms with E-state index in [4.69, 9.17) is 0 Å². The molecule has 1 aromatic carbocycles. The van der Waals surface area contributed by atoms with Gasteiger partial charge in [0.1, 0.15) is 0 Å². The lowest BCUT2D eigenvalue weighted by molar-refractivity contribution is 0.286. The fraction of sp³-hybridized carbons (Fsp3) is 0.300. The number of para-hydroxylation sites is 1. The number of fused-ring (bicyclic) bond motifs is 1. The van der Waals surface area contributed by atoms with Gasteiger partial charge in [-0.25, -0.2) is 4.98 Å². The minimum absolute atomic E-state index is 1.03. The van der Waals surface area contributed by atoms with Gasteiger partial charge < -0.3 is 0 Å². The lowest BCUT2D eigenvalue weighted by atomic mass is 10.3. The zero-order valence-corrected chi connectivity index (χ0v) is 11.3. The summed E-state index contributed by atoms with van der Waals surface area (Å²) in [4.78, 5) is 4.33. The van der Waals surface area contributed by atoms with Crippen LogP contribution in [-0.2, 0) is 18.8 Å². The molecule has 17 heavy (non-hydrogen) atoms. The maximum Gasteiger partial charge on any atom is 0.399 e. The van der Waals surface area contributed by atoms with Gasteiger partial charge in [0.2, 0.25) is 0 Å². The van der Waals surface area contributed by atoms with Crippen LogP contribution in [-0.4, -0.2) is 27.6 Å². The normalized spacial score (nSPS) is 11.0. The average molecular weight is 275 g/mol. The fourth-order valence-electron chi connectivity index (χ4n) is 1.06. The number of rotatable bonds is 2. The number of aryl methyl sites for hydroxylation is 1. The molecule has 0 radical (unpaired) electrons. The predicted molar refractivity (Wildman–Crippen MR) is 67.3 cm³/mol. The van der Waals surface area contributed by atoms with Crippen LogP contribution in [0.1, 0.15) is 5.01 Å². The number of nitrogens with zero attached hydrogens (tertiary/aromatic N) is 1. The molecule has 0 unspecified atom stereocenters. The largest absolute Gasteiger partial charge is 0.399 e. The Morgan fingerprint density at radius 1 is 1.18 bits per heavy atom. The number of hydrogen-bond acceptors (Lipinski definition) is 6. The third-order valence-electron chi connectivity index (χ3n) is 1.81. The van der Waals surface area contributed by atoms with Crippen LogP contribution in [0.5, 0.6) is 0 Å². The van der Waals surface area contributed by atoms with Crippen LogP contribution in [0.4, 0.5) is 0 Å². The Kier molecular flexibility index (Phi) is 5.01. The van der Waals surface area contributed by atoms with Gasteiger partial charge in [-0.15, -0.1) is 11.3 Å². The van der Waals surface area contributed by atoms with Crippen LogP contribution < -0.4 is 0 Å². The van der Waals surface area contributed by atoms with Crippen LogP contribution in [0, 0.1) is 6.92 Å². The first-order chi connectivity index (χ1) is 7.98. The van der Waals surface area contributed by atoms with Crippen LogP contribution in [0.15, 0.2) is 24.3 Å². The summed E-state index contributed by atoms with van der Waals surface area (Å²) >= 11 is 1.74. The molecule has 2 rings (SSSR count). The first kappa shape index (κ1) is 14.0. The molecule has 0 saturated heterocycles. The van der Waals surface area contributed by atoms with Gasteiger partial charge in [-0.2, -0.15) is 8.42 Å². The van der Waals surface area contributed by atoms with E-state index in [2.05, 4.69) is 19.4 Å². The summed E-state index contributed by atoms with van der Waals surface area (Å²) in [5.74, 6) is 0. The molecule has 0 aliphatic carbocycles. The zero-order valence-electron chi connectivity index (χ0n) is 9.71. The Balaban J connectivity index is 0.000000185. The lowest BCUT2D eigenvalue weighted by Gasteiger charge is -1.91. The molecule has 2 aromatic rings. The van der Waals surface area contributed by atoms with Gasteiger partial charge in [0.25, 0.3) is 0 Å². The number of hydrogen-bond donors (Lipinski definition) is 0. The van der Waals surface area contributed by atoms with Gasteiger partial charge in [-0.05, 0) is 19.1 Å². The summed E-state index contributed by atoms with van der Waals surface area (Å²) in [7, 11) is -1.60. The van der Waals surface area contributed by atoms with E-state index in [1.807, 2.05) is 25.1 Å². The number of aromatic nitrogens is 1. The quantitative estimate of drug-likeness (QED) is 0.840. The van der Waals surface area contributed by atoms with Crippen molar-refractivity contribution in [1.29, 1.82) is 0 Å². The van der Waals surface area contributed by atoms with Crippen molar-refractivity contribution in [1.82, 2.24) is 4.98 Å². The Morgan fingerprint density at radius 2 is 1.76 bits per heavy atom. The molecule has 0 aliphatic heterocycles. The van der Waals surface area contributed by atoms with Crippen LogP contribution in [0.2, 0.25) is 0 Å². The van der Waals surface area contributed by atoms with E-state index in [9.17, 15) is 8.42 Å². The van der Waals surface area contributed by atoms with E-state index >= 15 is 0 Å². The molecule has 0 amide bonds. The van der Waals surface area contributed by atoms with E-state index in [0.717, 1.165) is 24.7 Å². The summed E-state index contributed by atoms with van der Waals surface area (Å²) < 4.78 is 28.8. The van der Waals surface area contributed by atoms with Gasteiger partial charge in [0.15, 0.2) is 0 Å². The van der Waals surface area contributed by atoms with Gasteiger partial charge in [0.05, 0.1) is 29.4 Å². The standard InChI is InChI=1S/C8H7NS.C2H6O4S/c1-6-9-7-4-2-3-5-8(7)10-6;1-5-7(3,4)6-2/h2-5H,1H3;1-2H3. The molecule has 0 atom stereocenters. The monoisotopic (exact) mass is 275 g/mol. The zero-order chi connectivity index (χ0) is 12.9. The van der Waals surface area contributed by atoms with Crippen LogP contribution >= 0.6 is 11.3 Å². The van der Waals surface area contributed by atoms with Crippen molar-refractivity contribution < 1.29 is 16.8 Å². The number of thiazole rings is 1. The molecule has 0 N–H and O–H groups in total. The maximum absolute atomic E-state index is 9.92. The topological polar surface area (TPSA) is 65.5 Å². The van der Waals surface area contributed by atoms with Crippen LogP contribution in [0.25, 0.3) is 10.2 Å². The summed E-state index contributed by atoms with van der Waals surface area (Å²) in [6.45, 7) is 2.03. The molecule has 1 aromatic heterocycles. The Hall–Kier alpha value is -1.02. The summed E-state index contributed by atoms with van der Waals surface area (Å²) in [6.07, 6.45) is 0. The van der Waals surface area contributed by atoms with Crippen molar-refractivity contribution in [3.05, 3.63) is 29.3 Å². The highest BCUT2D eigenvalue weighted by Gasteiger charge is 2.01. The Bertz CT molecular complexity index is 534. The van der Waals surface area contributed by atoms with E-state index in [-0.39, 0.29) is 0 Å². The van der Waals surface area contributed by atoms with Crippen molar-refractivity contribution in [2.75, 3.05) is 14.2 Å². The molecule has 0 aliphatic rings. The molecule has 0 spiro atoms. The minimum atomic E-state index is -3.66. The minimum Gasteiger partial charge on any atom is -0.252 e. The second-order valence-electron chi connectivity index (χ2n) is 2.94. The van der Waals surface area contributed by atoms with Gasteiger partial charge >= 0.3 is 10.4 Å². The first-order valence-electron chi connectivity index (χ1n) is 4.67. The van der Waals surface area contributed by atoms with Gasteiger partial charge in [-0.1, -0.05) is 12.1 Å². The van der Waals surface area contributed by atoms with Crippen LogP contribution in [0.3, 0.4) is 0 Å². The molecule has 0 saturated carbocycles. The Morgan fingerprint density at radius 3 is 2.24 bits per heavy atom. The maximum atomic E-state index is 9.92. The molecule has 5 nitrogen and oxygen atoms in total. The highest BCUT2D eigenvalue weighted by atomic mass is 32.3. The van der Waals surface area contributed by atoms with E-state index in [0.29, 0.717) is 0 Å². The number of benzene rings is 1. The Labute approximate surface area is 104 Å². The highest BCUT2D eigenvalue weighted by molar-refractivity contribution is 7.81. The van der Waals surface area contributed by atoms with Crippen molar-refractivity contribution in [2.24, 2.45) is 0 Å². The lowest BCUT2D eigenvalue weighted by Crippen LogP contribution is -2.02. The van der Waals surface area contributed by atoms with Crippen molar-refractivity contribution >= 4 is 32.0 Å². The molecular formula is C10H13NO4S2. The average Bonchev–Trinajstić information content (AvgIpc) is 2.70. The van der Waals surface area contributed by atoms with Gasteiger partial charge in [-0.3, -0.25) is 8.37 Å². The summed E-state index contributed by atoms with van der Waals surface area (Å²) in [5.41, 5.74) is 1.12. The van der Waals surface area contributed by atoms with E-state index in [1.165, 1.54) is 4.70 Å². The molecule has 1 heterocycles. The third-order valence-corrected chi connectivity index (χ3v) is 3.58. The smallest absolute Gasteiger partial charge is 0.252 e. The second kappa shape index (κ2) is 6.06. The third kappa shape index (κ3) is 4.39. The molecule has 7 heteroatoms. The predicted octanol–water partition coefficient (Wildman–Crippen LogP) is 2.13. The van der Waals surface area contributed by atoms with Crippen molar-refractivity contribution in [3.63, 3.8) is 0 Å². The molecular weight excluding hydrogens is 262 g/mol. The summed E-state index contributed by atoms with van der Waals surface area (Å²) in [5, 5.41) is 1.14. The van der Waals surface area contributed by atoms with Gasteiger partial charge in [0, 0.05) is 0 Å². The van der Waals surface area contributed by atoms with Crippen molar-refractivity contribution in [2.45, 2.75) is 6.92 Å². The molecule has 0 bridgehead atoms. The SMILES string of the molecule is COS(=O)(=O)OC.Cc1nc2ccccc2s1. The van der Waals surface area contributed by atoms with E-state index < -0.39 is 10.4 Å². The molecule has 0 fully saturated rings. The second-order valence-corrected chi connectivity index (χ2v) is 5.66. The summed E-state index contributed by atoms with van der Waals surface area (Å²) in [6, 6.07) is 8.19. The van der Waals surface area contributed by atoms with E-state index in [1.54, 1.807) is 11.3 Å². The van der Waals surface area contributed by atoms with Crippen molar-refractivity contribution in [3.8, 4) is 0 Å². The first-order valence-corrected chi connectivity index (χ1v) is 6.82. The molecule has 94 valence electrons.